The number of carbonyl (C=O) groups is 2. The predicted molar refractivity (Wildman–Crippen MR) is 120 cm³/mol. The van der Waals surface area contributed by atoms with Crippen molar-refractivity contribution in [2.75, 3.05) is 31.1 Å². The van der Waals surface area contributed by atoms with Crippen molar-refractivity contribution in [3.8, 4) is 0 Å². The van der Waals surface area contributed by atoms with E-state index in [-0.39, 0.29) is 33.9 Å². The first kappa shape index (κ1) is 21.6. The summed E-state index contributed by atoms with van der Waals surface area (Å²) >= 11 is 5.84. The summed E-state index contributed by atoms with van der Waals surface area (Å²) < 4.78 is 0. The van der Waals surface area contributed by atoms with Crippen LogP contribution in [0.4, 0.5) is 11.6 Å². The molecule has 0 bridgehead atoms. The van der Waals surface area contributed by atoms with Crippen LogP contribution in [0.3, 0.4) is 0 Å². The maximum Gasteiger partial charge on any atom is 0.302 e. The molecule has 13 heteroatoms. The number of nitrogens with one attached hydrogen (secondary N) is 3. The van der Waals surface area contributed by atoms with Crippen molar-refractivity contribution in [2.45, 2.75) is 25.3 Å². The molecule has 168 valence electrons. The molecule has 0 radical (unpaired) electrons. The number of anilines is 2. The first-order valence-electron chi connectivity index (χ1n) is 9.93. The molecular weight excluding hydrogens is 436 g/mol. The summed E-state index contributed by atoms with van der Waals surface area (Å²) in [5, 5.41) is 13.2. The second-order valence-electron chi connectivity index (χ2n) is 7.77. The highest BCUT2D eigenvalue weighted by atomic mass is 35.5. The van der Waals surface area contributed by atoms with Crippen molar-refractivity contribution in [2.24, 2.45) is 4.99 Å². The molecule has 1 spiro atoms. The Balaban J connectivity index is 1.42. The Morgan fingerprint density at radius 1 is 1.22 bits per heavy atom. The zero-order chi connectivity index (χ0) is 23.0. The number of nitrogen functional groups attached to an aromatic ring is 2. The van der Waals surface area contributed by atoms with Crippen LogP contribution in [0.1, 0.15) is 45.1 Å². The summed E-state index contributed by atoms with van der Waals surface area (Å²) in [5.41, 5.74) is 12.7. The average molecular weight is 459 g/mol. The average Bonchev–Trinajstić information content (AvgIpc) is 3.33. The zero-order valence-electron chi connectivity index (χ0n) is 17.4. The van der Waals surface area contributed by atoms with E-state index >= 15 is 0 Å². The zero-order valence-corrected chi connectivity index (χ0v) is 18.2. The van der Waals surface area contributed by atoms with E-state index in [0.717, 1.165) is 5.69 Å². The number of carbonyl (C=O) groups excluding carboxylic acids is 2. The molecule has 2 aliphatic rings. The molecule has 12 nitrogen and oxygen atoms in total. The number of aryl methyl sites for hydroxylation is 1. The maximum atomic E-state index is 12.9. The van der Waals surface area contributed by atoms with E-state index in [9.17, 15) is 9.59 Å². The quantitative estimate of drug-likeness (QED) is 0.433. The molecule has 2 saturated heterocycles. The van der Waals surface area contributed by atoms with Crippen molar-refractivity contribution < 1.29 is 9.59 Å². The molecule has 7 N–H and O–H groups in total. The van der Waals surface area contributed by atoms with E-state index in [1.165, 1.54) is 0 Å². The second-order valence-corrected chi connectivity index (χ2v) is 8.12. The van der Waals surface area contributed by atoms with Crippen molar-refractivity contribution in [1.29, 1.82) is 0 Å². The molecule has 2 amide bonds. The van der Waals surface area contributed by atoms with E-state index in [1.807, 2.05) is 6.92 Å². The van der Waals surface area contributed by atoms with E-state index in [4.69, 9.17) is 23.1 Å². The number of hydrogen-bond acceptors (Lipinski definition) is 7. The van der Waals surface area contributed by atoms with Gasteiger partial charge in [-0.25, -0.2) is 9.97 Å². The number of halogens is 1. The summed E-state index contributed by atoms with van der Waals surface area (Å²) in [7, 11) is 0. The Morgan fingerprint density at radius 2 is 1.94 bits per heavy atom. The van der Waals surface area contributed by atoms with Crippen molar-refractivity contribution in [1.82, 2.24) is 35.7 Å². The highest BCUT2D eigenvalue weighted by Crippen LogP contribution is 2.26. The third-order valence-electron chi connectivity index (χ3n) is 5.71. The summed E-state index contributed by atoms with van der Waals surface area (Å²) in [6.45, 7) is 7.23. The lowest BCUT2D eigenvalue weighted by Crippen LogP contribution is -2.53. The number of aliphatic imine (C=N–C) groups is 1. The Kier molecular flexibility index (Phi) is 5.46. The highest BCUT2D eigenvalue weighted by molar-refractivity contribution is 6.31. The molecule has 2 aromatic heterocycles. The Hall–Kier alpha value is -3.67. The molecule has 0 saturated carbocycles. The first-order valence-corrected chi connectivity index (χ1v) is 10.3. The number of amides is 2. The highest BCUT2D eigenvalue weighted by Gasteiger charge is 2.41. The standard InChI is InChI=1S/C19H23ClN10O2/c1-3-10-9(2)28-29-11(10)17(32)30-6-4-19(5-7-30)8-23-18(27-19)26-16(31)12-14(21)25-15(22)13(20)24-12/h3H,1,4-8H2,2H3,(H,28,29)(H4,21,22,25)(H2,23,26,27,31). The molecule has 0 aliphatic carbocycles. The van der Waals surface area contributed by atoms with Gasteiger partial charge in [-0.3, -0.25) is 14.7 Å². The van der Waals surface area contributed by atoms with Gasteiger partial charge in [0.25, 0.3) is 5.91 Å². The van der Waals surface area contributed by atoms with Crippen LogP contribution in [0, 0.1) is 6.92 Å². The van der Waals surface area contributed by atoms with Crippen molar-refractivity contribution in [3.05, 3.63) is 34.4 Å². The van der Waals surface area contributed by atoms with Crippen LogP contribution in [-0.4, -0.2) is 68.0 Å². The van der Waals surface area contributed by atoms with Gasteiger partial charge in [0, 0.05) is 30.9 Å². The van der Waals surface area contributed by atoms with Gasteiger partial charge in [-0.05, 0) is 19.8 Å². The molecular formula is C19H23ClN10O2. The molecule has 0 unspecified atom stereocenters. The van der Waals surface area contributed by atoms with Crippen molar-refractivity contribution in [3.63, 3.8) is 0 Å². The first-order chi connectivity index (χ1) is 15.2. The van der Waals surface area contributed by atoms with E-state index in [1.54, 1.807) is 11.0 Å². The Bertz CT molecular complexity index is 1130. The Morgan fingerprint density at radius 3 is 2.62 bits per heavy atom. The topological polar surface area (TPSA) is 180 Å². The number of piperidine rings is 1. The fourth-order valence-electron chi connectivity index (χ4n) is 3.85. The largest absolute Gasteiger partial charge is 0.382 e. The molecule has 2 aromatic rings. The monoisotopic (exact) mass is 458 g/mol. The number of rotatable bonds is 3. The number of guanidine groups is 1. The lowest BCUT2D eigenvalue weighted by Gasteiger charge is -2.38. The maximum absolute atomic E-state index is 12.9. The number of likely N-dealkylation sites (tertiary alicyclic amines) is 1. The smallest absolute Gasteiger partial charge is 0.302 e. The van der Waals surface area contributed by atoms with Crippen molar-refractivity contribution >= 4 is 47.1 Å². The van der Waals surface area contributed by atoms with Gasteiger partial charge < -0.3 is 27.0 Å². The number of aromatic amines is 1. The van der Waals surface area contributed by atoms with Crippen LogP contribution in [0.15, 0.2) is 11.6 Å². The molecule has 32 heavy (non-hydrogen) atoms. The summed E-state index contributed by atoms with van der Waals surface area (Å²) in [6, 6.07) is 0. The summed E-state index contributed by atoms with van der Waals surface area (Å²) in [6.07, 6.45) is 2.97. The predicted octanol–water partition coefficient (Wildman–Crippen LogP) is 0.333. The van der Waals surface area contributed by atoms with Gasteiger partial charge in [0.2, 0.25) is 0 Å². The third kappa shape index (κ3) is 3.84. The van der Waals surface area contributed by atoms with Crippen LogP contribution >= 0.6 is 11.6 Å². The fraction of sp³-hybridized carbons (Fsp3) is 0.368. The number of nitrogens with two attached hydrogens (primary N) is 2. The van der Waals surface area contributed by atoms with Gasteiger partial charge in [0.1, 0.15) is 0 Å². The number of nitrogens with zero attached hydrogens (tertiary/aromatic N) is 5. The molecule has 2 aliphatic heterocycles. The second kappa shape index (κ2) is 8.11. The van der Waals surface area contributed by atoms with Gasteiger partial charge >= 0.3 is 5.91 Å². The lowest BCUT2D eigenvalue weighted by molar-refractivity contribution is 0.0663. The minimum atomic E-state index is -0.692. The van der Waals surface area contributed by atoms with Crippen LogP contribution in [-0.2, 0) is 0 Å². The number of H-pyrrole nitrogens is 1. The van der Waals surface area contributed by atoms with Crippen LogP contribution in [0.25, 0.3) is 6.08 Å². The number of aromatic nitrogens is 4. The summed E-state index contributed by atoms with van der Waals surface area (Å²) in [4.78, 5) is 38.8. The summed E-state index contributed by atoms with van der Waals surface area (Å²) in [5.74, 6) is -0.726. The normalized spacial score (nSPS) is 18.4. The number of hydrogen-bond donors (Lipinski definition) is 5. The lowest BCUT2D eigenvalue weighted by atomic mass is 9.88. The van der Waals surface area contributed by atoms with Gasteiger partial charge in [0.15, 0.2) is 34.1 Å². The van der Waals surface area contributed by atoms with E-state index in [2.05, 4.69) is 42.4 Å². The fourth-order valence-corrected chi connectivity index (χ4v) is 3.98. The third-order valence-corrected chi connectivity index (χ3v) is 5.99. The van der Waals surface area contributed by atoms with Crippen LogP contribution in [0.2, 0.25) is 5.15 Å². The minimum Gasteiger partial charge on any atom is -0.382 e. The van der Waals surface area contributed by atoms with E-state index < -0.39 is 5.91 Å². The van der Waals surface area contributed by atoms with Gasteiger partial charge in [-0.2, -0.15) is 10.1 Å². The molecule has 2 fully saturated rings. The van der Waals surface area contributed by atoms with E-state index in [0.29, 0.717) is 49.7 Å². The van der Waals surface area contributed by atoms with Crippen LogP contribution < -0.4 is 22.1 Å². The van der Waals surface area contributed by atoms with Gasteiger partial charge in [-0.15, -0.1) is 0 Å². The molecule has 4 rings (SSSR count). The van der Waals surface area contributed by atoms with Gasteiger partial charge in [0.05, 0.1) is 5.54 Å². The minimum absolute atomic E-state index is 0.0593. The van der Waals surface area contributed by atoms with Crippen LogP contribution in [0.5, 0.6) is 0 Å². The Labute approximate surface area is 188 Å². The molecule has 4 heterocycles. The van der Waals surface area contributed by atoms with Gasteiger partial charge in [-0.1, -0.05) is 24.3 Å². The SMILES string of the molecule is C=Cc1c(C(=O)N2CCC3(CC2)CN/C(=N\C(=O)c2nc(Cl)c(N)nc2N)N3)n[nH]c1C. The molecule has 0 atom stereocenters. The molecule has 0 aromatic carbocycles.